The number of aromatic nitrogens is 2. The van der Waals surface area contributed by atoms with Crippen molar-refractivity contribution in [3.8, 4) is 0 Å². The Morgan fingerprint density at radius 1 is 1.17 bits per heavy atom. The van der Waals surface area contributed by atoms with Crippen LogP contribution >= 0.6 is 0 Å². The van der Waals surface area contributed by atoms with E-state index in [1.807, 2.05) is 4.90 Å². The first kappa shape index (κ1) is 24.7. The van der Waals surface area contributed by atoms with Gasteiger partial charge in [0.1, 0.15) is 17.1 Å². The fraction of sp³-hybridized carbons (Fsp3) is 0.520. The molecule has 1 atom stereocenters. The molecule has 2 aliphatic heterocycles. The van der Waals surface area contributed by atoms with E-state index in [1.165, 1.54) is 21.7 Å². The summed E-state index contributed by atoms with van der Waals surface area (Å²) in [6.07, 6.45) is 0.843. The number of anilines is 1. The van der Waals surface area contributed by atoms with Crippen LogP contribution in [0.2, 0.25) is 0 Å². The quantitative estimate of drug-likeness (QED) is 0.677. The highest BCUT2D eigenvalue weighted by molar-refractivity contribution is 6.01. The molecule has 1 saturated heterocycles. The average Bonchev–Trinajstić information content (AvgIpc) is 3.26. The maximum absolute atomic E-state index is 14.1. The van der Waals surface area contributed by atoms with Gasteiger partial charge in [-0.1, -0.05) is 26.0 Å². The lowest BCUT2D eigenvalue weighted by Gasteiger charge is -2.40. The number of fused-ring (bicyclic) bond motifs is 1. The minimum Gasteiger partial charge on any atom is -0.366 e. The van der Waals surface area contributed by atoms with Gasteiger partial charge in [0.25, 0.3) is 11.8 Å². The molecule has 0 saturated carbocycles. The maximum Gasteiger partial charge on any atom is 0.274 e. The molecule has 1 fully saturated rings. The lowest BCUT2D eigenvalue weighted by Crippen LogP contribution is -2.62. The number of halogens is 1. The molecule has 3 amide bonds. The van der Waals surface area contributed by atoms with E-state index < -0.39 is 5.54 Å². The topological polar surface area (TPSA) is 90.8 Å². The summed E-state index contributed by atoms with van der Waals surface area (Å²) in [7, 11) is 1.60. The summed E-state index contributed by atoms with van der Waals surface area (Å²) < 4.78 is 15.6. The molecule has 1 aromatic carbocycles. The van der Waals surface area contributed by atoms with E-state index in [-0.39, 0.29) is 41.5 Å². The van der Waals surface area contributed by atoms with Crippen LogP contribution in [0, 0.1) is 11.7 Å². The lowest BCUT2D eigenvalue weighted by atomic mass is 9.95. The van der Waals surface area contributed by atoms with Gasteiger partial charge in [0.05, 0.1) is 12.2 Å². The van der Waals surface area contributed by atoms with Gasteiger partial charge in [0, 0.05) is 45.8 Å². The van der Waals surface area contributed by atoms with Gasteiger partial charge in [0.2, 0.25) is 5.91 Å². The molecular weight excluding hydrogens is 451 g/mol. The molecule has 0 spiro atoms. The third-order valence-corrected chi connectivity index (χ3v) is 6.98. The smallest absolute Gasteiger partial charge is 0.274 e. The highest BCUT2D eigenvalue weighted by Gasteiger charge is 2.46. The number of benzene rings is 1. The number of nitrogens with one attached hydrogen (secondary N) is 1. The number of nitrogens with zero attached hydrogens (tertiary/aromatic N) is 5. The zero-order valence-corrected chi connectivity index (χ0v) is 20.8. The molecule has 1 aromatic heterocycles. The number of amides is 3. The number of hydrogen-bond acceptors (Lipinski definition) is 5. The van der Waals surface area contributed by atoms with Crippen molar-refractivity contribution in [3.63, 3.8) is 0 Å². The Labute approximate surface area is 204 Å². The average molecular weight is 485 g/mol. The Bertz CT molecular complexity index is 1120. The summed E-state index contributed by atoms with van der Waals surface area (Å²) in [6.45, 7) is 8.39. The number of carbonyl (C=O) groups excluding carboxylic acids is 3. The minimum absolute atomic E-state index is 0.159. The normalized spacial score (nSPS) is 20.3. The molecular formula is C25H33FN6O3. The number of piperazine rings is 1. The molecule has 0 bridgehead atoms. The Hall–Kier alpha value is -3.43. The van der Waals surface area contributed by atoms with Crippen LogP contribution in [0.5, 0.6) is 0 Å². The van der Waals surface area contributed by atoms with E-state index in [1.54, 1.807) is 37.1 Å². The zero-order valence-electron chi connectivity index (χ0n) is 20.8. The monoisotopic (exact) mass is 484 g/mol. The van der Waals surface area contributed by atoms with E-state index >= 15 is 0 Å². The van der Waals surface area contributed by atoms with Crippen LogP contribution in [0.4, 0.5) is 10.1 Å². The molecule has 10 heteroatoms. The summed E-state index contributed by atoms with van der Waals surface area (Å²) in [4.78, 5) is 44.2. The van der Waals surface area contributed by atoms with Gasteiger partial charge >= 0.3 is 0 Å². The van der Waals surface area contributed by atoms with Crippen molar-refractivity contribution in [2.24, 2.45) is 5.92 Å². The first-order valence-corrected chi connectivity index (χ1v) is 12.0. The highest BCUT2D eigenvalue weighted by Crippen LogP contribution is 2.27. The Morgan fingerprint density at radius 2 is 1.86 bits per heavy atom. The standard InChI is InChI=1S/C25H33FN6O3/c1-17(2)9-10-27-24(35)25(3)16-32-21(23(34)29(25)4)15-19(28-32)22(33)31-13-11-30(12-14-31)20-8-6-5-7-18(20)26/h5-8,15,17H,9-14,16H2,1-4H3,(H,27,35)/t25-/m1/s1. The Morgan fingerprint density at radius 3 is 2.51 bits per heavy atom. The first-order valence-electron chi connectivity index (χ1n) is 12.0. The van der Waals surface area contributed by atoms with Crippen LogP contribution in [0.25, 0.3) is 0 Å². The minimum atomic E-state index is -1.11. The van der Waals surface area contributed by atoms with E-state index in [0.29, 0.717) is 44.3 Å². The third kappa shape index (κ3) is 4.74. The van der Waals surface area contributed by atoms with E-state index in [4.69, 9.17) is 0 Å². The van der Waals surface area contributed by atoms with Crippen molar-refractivity contribution in [3.05, 3.63) is 47.5 Å². The molecule has 0 radical (unpaired) electrons. The van der Waals surface area contributed by atoms with Crippen LogP contribution in [-0.4, -0.2) is 82.6 Å². The van der Waals surface area contributed by atoms with Crippen molar-refractivity contribution in [2.45, 2.75) is 39.3 Å². The number of para-hydroxylation sites is 1. The van der Waals surface area contributed by atoms with Crippen molar-refractivity contribution < 1.29 is 18.8 Å². The summed E-state index contributed by atoms with van der Waals surface area (Å²) in [6, 6.07) is 8.10. The second-order valence-electron chi connectivity index (χ2n) is 9.88. The molecule has 0 unspecified atom stereocenters. The molecule has 4 rings (SSSR count). The molecule has 9 nitrogen and oxygen atoms in total. The van der Waals surface area contributed by atoms with Crippen molar-refractivity contribution in [1.29, 1.82) is 0 Å². The predicted molar refractivity (Wildman–Crippen MR) is 130 cm³/mol. The molecule has 188 valence electrons. The number of carbonyl (C=O) groups is 3. The Balaban J connectivity index is 1.45. The second-order valence-corrected chi connectivity index (χ2v) is 9.88. The molecule has 1 N–H and O–H groups in total. The summed E-state index contributed by atoms with van der Waals surface area (Å²) in [5.74, 6) is -0.707. The number of rotatable bonds is 6. The lowest BCUT2D eigenvalue weighted by molar-refractivity contribution is -0.132. The highest BCUT2D eigenvalue weighted by atomic mass is 19.1. The largest absolute Gasteiger partial charge is 0.366 e. The number of likely N-dealkylation sites (N-methyl/N-ethyl adjacent to an activating group) is 1. The van der Waals surface area contributed by atoms with Gasteiger partial charge in [0.15, 0.2) is 5.69 Å². The van der Waals surface area contributed by atoms with E-state index in [2.05, 4.69) is 24.3 Å². The molecule has 2 aromatic rings. The predicted octanol–water partition coefficient (Wildman–Crippen LogP) is 1.99. The summed E-state index contributed by atoms with van der Waals surface area (Å²) in [5.41, 5.74) is -0.130. The van der Waals surface area contributed by atoms with Crippen LogP contribution in [0.3, 0.4) is 0 Å². The van der Waals surface area contributed by atoms with Crippen LogP contribution in [0.15, 0.2) is 30.3 Å². The van der Waals surface area contributed by atoms with Gasteiger partial charge in [-0.2, -0.15) is 5.10 Å². The fourth-order valence-electron chi connectivity index (χ4n) is 4.52. The molecule has 0 aliphatic carbocycles. The molecule has 3 heterocycles. The van der Waals surface area contributed by atoms with Gasteiger partial charge in [-0.15, -0.1) is 0 Å². The molecule has 35 heavy (non-hydrogen) atoms. The van der Waals surface area contributed by atoms with Crippen LogP contribution in [0.1, 0.15) is 48.2 Å². The SMILES string of the molecule is CC(C)CCNC(=O)[C@@]1(C)Cn2nc(C(=O)N3CCN(c4ccccc4F)CC3)cc2C(=O)N1C. The van der Waals surface area contributed by atoms with Gasteiger partial charge in [-0.3, -0.25) is 19.1 Å². The Kier molecular flexibility index (Phi) is 6.82. The first-order chi connectivity index (χ1) is 16.6. The maximum atomic E-state index is 14.1. The van der Waals surface area contributed by atoms with Crippen molar-refractivity contribution >= 4 is 23.4 Å². The van der Waals surface area contributed by atoms with E-state index in [0.717, 1.165) is 6.42 Å². The third-order valence-electron chi connectivity index (χ3n) is 6.98. The summed E-state index contributed by atoms with van der Waals surface area (Å²) >= 11 is 0. The molecule has 2 aliphatic rings. The fourth-order valence-corrected chi connectivity index (χ4v) is 4.52. The van der Waals surface area contributed by atoms with Crippen LogP contribution < -0.4 is 10.2 Å². The van der Waals surface area contributed by atoms with Crippen molar-refractivity contribution in [2.75, 3.05) is 44.7 Å². The van der Waals surface area contributed by atoms with E-state index in [9.17, 15) is 18.8 Å². The number of hydrogen-bond donors (Lipinski definition) is 1. The van der Waals surface area contributed by atoms with Gasteiger partial charge in [-0.25, -0.2) is 4.39 Å². The van der Waals surface area contributed by atoms with Crippen molar-refractivity contribution in [1.82, 2.24) is 24.9 Å². The van der Waals surface area contributed by atoms with Gasteiger partial charge < -0.3 is 20.0 Å². The summed E-state index contributed by atoms with van der Waals surface area (Å²) in [5, 5.41) is 7.34. The second kappa shape index (κ2) is 9.67. The van der Waals surface area contributed by atoms with Gasteiger partial charge in [-0.05, 0) is 31.4 Å². The zero-order chi connectivity index (χ0) is 25.3. The van der Waals surface area contributed by atoms with Crippen LogP contribution in [-0.2, 0) is 11.3 Å².